The summed E-state index contributed by atoms with van der Waals surface area (Å²) in [6, 6.07) is 11.8. The molecule has 1 heterocycles. The number of nitrogens with zero attached hydrogens (tertiary/aromatic N) is 1. The van der Waals surface area contributed by atoms with Gasteiger partial charge in [-0.25, -0.2) is 4.79 Å². The van der Waals surface area contributed by atoms with Crippen molar-refractivity contribution in [3.8, 4) is 5.75 Å². The Labute approximate surface area is 151 Å². The maximum absolute atomic E-state index is 12.1. The number of fused-ring (bicyclic) bond motifs is 1. The number of rotatable bonds is 6. The van der Waals surface area contributed by atoms with Gasteiger partial charge in [-0.05, 0) is 42.8 Å². The predicted molar refractivity (Wildman–Crippen MR) is 91.5 cm³/mol. The van der Waals surface area contributed by atoms with Crippen LogP contribution in [0.5, 0.6) is 5.75 Å². The molecule has 0 unspecified atom stereocenters. The number of carbonyl (C=O) groups excluding carboxylic acids is 1. The molecule has 0 bridgehead atoms. The van der Waals surface area contributed by atoms with Crippen molar-refractivity contribution in [2.75, 3.05) is 5.32 Å². The zero-order valence-electron chi connectivity index (χ0n) is 14.0. The lowest BCUT2D eigenvalue weighted by Crippen LogP contribution is -2.17. The Bertz CT molecular complexity index is 990. The fourth-order valence-electron chi connectivity index (χ4n) is 2.59. The Morgan fingerprint density at radius 3 is 2.52 bits per heavy atom. The quantitative estimate of drug-likeness (QED) is 0.704. The van der Waals surface area contributed by atoms with Crippen molar-refractivity contribution in [1.82, 2.24) is 4.57 Å². The van der Waals surface area contributed by atoms with Gasteiger partial charge >= 0.3 is 12.1 Å². The second-order valence-electron chi connectivity index (χ2n) is 5.71. The third-order valence-electron chi connectivity index (χ3n) is 3.73. The van der Waals surface area contributed by atoms with Gasteiger partial charge in [0.05, 0.1) is 5.52 Å². The number of ether oxygens (including phenoxy) is 1. The number of aromatic nitrogens is 1. The van der Waals surface area contributed by atoms with Crippen molar-refractivity contribution in [1.29, 1.82) is 0 Å². The minimum atomic E-state index is -4.76. The van der Waals surface area contributed by atoms with Crippen molar-refractivity contribution < 1.29 is 27.1 Å². The lowest BCUT2D eigenvalue weighted by molar-refractivity contribution is -0.274. The zero-order valence-corrected chi connectivity index (χ0v) is 14.0. The van der Waals surface area contributed by atoms with Crippen LogP contribution in [-0.4, -0.2) is 16.8 Å². The van der Waals surface area contributed by atoms with E-state index in [4.69, 9.17) is 4.42 Å². The highest BCUT2D eigenvalue weighted by Crippen LogP contribution is 2.24. The van der Waals surface area contributed by atoms with Crippen molar-refractivity contribution in [2.24, 2.45) is 0 Å². The lowest BCUT2D eigenvalue weighted by Gasteiger charge is -2.10. The summed E-state index contributed by atoms with van der Waals surface area (Å²) in [5, 5.41) is 2.58. The Hall–Kier alpha value is -3.23. The largest absolute Gasteiger partial charge is 0.573 e. The van der Waals surface area contributed by atoms with Crippen molar-refractivity contribution in [2.45, 2.75) is 25.7 Å². The van der Waals surface area contributed by atoms with Crippen molar-refractivity contribution >= 4 is 22.7 Å². The second kappa shape index (κ2) is 7.56. The van der Waals surface area contributed by atoms with Gasteiger partial charge in [-0.2, -0.15) is 0 Å². The lowest BCUT2D eigenvalue weighted by atomic mass is 10.2. The van der Waals surface area contributed by atoms with Crippen LogP contribution in [0.15, 0.2) is 57.7 Å². The molecule has 0 aliphatic heterocycles. The normalized spacial score (nSPS) is 11.5. The molecule has 6 nitrogen and oxygen atoms in total. The number of nitrogens with one attached hydrogen (secondary N) is 1. The summed E-state index contributed by atoms with van der Waals surface area (Å²) in [7, 11) is 0. The molecule has 0 spiro atoms. The average Bonchev–Trinajstić information content (AvgIpc) is 2.91. The molecular weight excluding hydrogens is 365 g/mol. The van der Waals surface area contributed by atoms with E-state index in [1.807, 2.05) is 0 Å². The molecule has 1 N–H and O–H groups in total. The van der Waals surface area contributed by atoms with Crippen LogP contribution in [0.1, 0.15) is 12.8 Å². The zero-order chi connectivity index (χ0) is 19.4. The summed E-state index contributed by atoms with van der Waals surface area (Å²) >= 11 is 0. The van der Waals surface area contributed by atoms with Crippen molar-refractivity contribution in [3.63, 3.8) is 0 Å². The molecule has 0 saturated heterocycles. The van der Waals surface area contributed by atoms with Crippen LogP contribution in [-0.2, 0) is 11.3 Å². The number of benzene rings is 2. The van der Waals surface area contributed by atoms with Crippen LogP contribution >= 0.6 is 0 Å². The topological polar surface area (TPSA) is 73.5 Å². The van der Waals surface area contributed by atoms with E-state index < -0.39 is 12.1 Å². The molecule has 0 fully saturated rings. The molecule has 0 aliphatic carbocycles. The van der Waals surface area contributed by atoms with Gasteiger partial charge < -0.3 is 14.5 Å². The van der Waals surface area contributed by atoms with Gasteiger partial charge in [-0.15, -0.1) is 13.2 Å². The van der Waals surface area contributed by atoms with Gasteiger partial charge in [0.1, 0.15) is 5.75 Å². The maximum atomic E-state index is 12.1. The van der Waals surface area contributed by atoms with E-state index in [1.54, 1.807) is 24.3 Å². The summed E-state index contributed by atoms with van der Waals surface area (Å²) in [6.07, 6.45) is -4.24. The molecule has 3 rings (SSSR count). The highest BCUT2D eigenvalue weighted by Gasteiger charge is 2.30. The molecule has 1 amide bonds. The van der Waals surface area contributed by atoms with Crippen molar-refractivity contribution in [3.05, 3.63) is 59.1 Å². The Balaban J connectivity index is 1.52. The van der Waals surface area contributed by atoms with Crippen LogP contribution in [0.25, 0.3) is 11.1 Å². The molecule has 2 aromatic carbocycles. The van der Waals surface area contributed by atoms with E-state index in [-0.39, 0.29) is 18.1 Å². The first-order valence-corrected chi connectivity index (χ1v) is 8.06. The minimum absolute atomic E-state index is 0.132. The highest BCUT2D eigenvalue weighted by molar-refractivity contribution is 5.90. The van der Waals surface area contributed by atoms with Crippen LogP contribution < -0.4 is 15.8 Å². The summed E-state index contributed by atoms with van der Waals surface area (Å²) in [5.41, 5.74) is 1.48. The maximum Gasteiger partial charge on any atom is 0.573 e. The molecule has 3 aromatic rings. The molecule has 0 aliphatic rings. The average molecular weight is 380 g/mol. The van der Waals surface area contributed by atoms with Crippen LogP contribution in [0.2, 0.25) is 0 Å². The van der Waals surface area contributed by atoms with E-state index in [9.17, 15) is 22.8 Å². The summed E-state index contributed by atoms with van der Waals surface area (Å²) in [6.45, 7) is 0.307. The summed E-state index contributed by atoms with van der Waals surface area (Å²) in [5.74, 6) is -1.18. The first-order valence-electron chi connectivity index (χ1n) is 8.06. The molecule has 1 aromatic heterocycles. The standard InChI is InChI=1S/C18H15F3N2O4/c19-18(20,21)27-13-9-7-12(8-10-13)22-16(24)6-3-11-23-14-4-1-2-5-15(14)26-17(23)25/h1-2,4-5,7-10H,3,6,11H2,(H,22,24). The Morgan fingerprint density at radius 1 is 1.11 bits per heavy atom. The van der Waals surface area contributed by atoms with Gasteiger partial charge in [0.15, 0.2) is 5.58 Å². The number of amides is 1. The number of halogens is 3. The third kappa shape index (κ3) is 4.90. The fourth-order valence-corrected chi connectivity index (χ4v) is 2.59. The van der Waals surface area contributed by atoms with E-state index in [1.165, 1.54) is 16.7 Å². The number of aryl methyl sites for hydroxylation is 1. The van der Waals surface area contributed by atoms with E-state index in [0.717, 1.165) is 12.1 Å². The highest BCUT2D eigenvalue weighted by atomic mass is 19.4. The van der Waals surface area contributed by atoms with Crippen LogP contribution in [0.3, 0.4) is 0 Å². The number of anilines is 1. The number of hydrogen-bond acceptors (Lipinski definition) is 4. The summed E-state index contributed by atoms with van der Waals surface area (Å²) < 4.78 is 46.7. The van der Waals surface area contributed by atoms with Gasteiger partial charge in [0.25, 0.3) is 0 Å². The van der Waals surface area contributed by atoms with Crippen LogP contribution in [0, 0.1) is 0 Å². The Kier molecular flexibility index (Phi) is 5.20. The smallest absolute Gasteiger partial charge is 0.408 e. The number of carbonyl (C=O) groups is 1. The first kappa shape index (κ1) is 18.6. The minimum Gasteiger partial charge on any atom is -0.408 e. The number of para-hydroxylation sites is 2. The molecule has 0 radical (unpaired) electrons. The summed E-state index contributed by atoms with van der Waals surface area (Å²) in [4.78, 5) is 23.8. The fraction of sp³-hybridized carbons (Fsp3) is 0.222. The monoisotopic (exact) mass is 380 g/mol. The van der Waals surface area contributed by atoms with Gasteiger partial charge in [0.2, 0.25) is 5.91 Å². The Morgan fingerprint density at radius 2 is 1.81 bits per heavy atom. The van der Waals surface area contributed by atoms with E-state index >= 15 is 0 Å². The molecule has 27 heavy (non-hydrogen) atoms. The van der Waals surface area contributed by atoms with Gasteiger partial charge in [-0.3, -0.25) is 9.36 Å². The number of alkyl halides is 3. The SMILES string of the molecule is O=C(CCCn1c(=O)oc2ccccc21)Nc1ccc(OC(F)(F)F)cc1. The van der Waals surface area contributed by atoms with Gasteiger partial charge in [0, 0.05) is 18.7 Å². The molecule has 0 atom stereocenters. The molecule has 142 valence electrons. The first-order chi connectivity index (χ1) is 12.8. The van der Waals surface area contributed by atoms with Crippen LogP contribution in [0.4, 0.5) is 18.9 Å². The van der Waals surface area contributed by atoms with E-state index in [0.29, 0.717) is 29.8 Å². The predicted octanol–water partition coefficient (Wildman–Crippen LogP) is 3.91. The van der Waals surface area contributed by atoms with E-state index in [2.05, 4.69) is 10.1 Å². The molecule has 0 saturated carbocycles. The molecular formula is C18H15F3N2O4. The number of oxazole rings is 1. The second-order valence-corrected chi connectivity index (χ2v) is 5.71. The molecule has 9 heteroatoms. The third-order valence-corrected chi connectivity index (χ3v) is 3.73. The van der Waals surface area contributed by atoms with Gasteiger partial charge in [-0.1, -0.05) is 12.1 Å². The number of hydrogen-bond donors (Lipinski definition) is 1.